The highest BCUT2D eigenvalue weighted by molar-refractivity contribution is 5.34. The van der Waals surface area contributed by atoms with Crippen LogP contribution in [0.4, 0.5) is 4.39 Å². The van der Waals surface area contributed by atoms with E-state index in [2.05, 4.69) is 47.8 Å². The van der Waals surface area contributed by atoms with Gasteiger partial charge >= 0.3 is 0 Å². The summed E-state index contributed by atoms with van der Waals surface area (Å²) < 4.78 is 13.3. The van der Waals surface area contributed by atoms with Gasteiger partial charge in [0.2, 0.25) is 0 Å². The fourth-order valence-corrected chi connectivity index (χ4v) is 5.29. The molecule has 0 aliphatic carbocycles. The molecule has 3 N–H and O–H groups in total. The normalized spacial score (nSPS) is 27.5. The summed E-state index contributed by atoms with van der Waals surface area (Å²) >= 11 is 0. The number of aryl methyl sites for hydroxylation is 2. The van der Waals surface area contributed by atoms with Crippen molar-refractivity contribution in [2.75, 3.05) is 32.8 Å². The molecule has 3 atom stereocenters. The molecule has 0 saturated carbocycles. The van der Waals surface area contributed by atoms with Crippen molar-refractivity contribution in [3.05, 3.63) is 70.5 Å². The van der Waals surface area contributed by atoms with E-state index in [1.165, 1.54) is 28.8 Å². The third-order valence-corrected chi connectivity index (χ3v) is 6.92. The number of piperidine rings is 1. The zero-order valence-electron chi connectivity index (χ0n) is 18.1. The molecule has 0 bridgehead atoms. The minimum Gasteiger partial charge on any atom is -0.396 e. The highest BCUT2D eigenvalue weighted by atomic mass is 19.1. The Morgan fingerprint density at radius 3 is 2.73 bits per heavy atom. The molecule has 0 amide bonds. The summed E-state index contributed by atoms with van der Waals surface area (Å²) in [6.45, 7) is 8.41. The lowest BCUT2D eigenvalue weighted by Gasteiger charge is -2.43. The summed E-state index contributed by atoms with van der Waals surface area (Å²) in [6.07, 6.45) is 2.89. The molecule has 162 valence electrons. The van der Waals surface area contributed by atoms with Gasteiger partial charge in [-0.25, -0.2) is 9.82 Å². The topological polar surface area (TPSA) is 47.5 Å². The van der Waals surface area contributed by atoms with E-state index in [1.807, 2.05) is 12.1 Å². The first-order chi connectivity index (χ1) is 14.5. The second-order valence-electron chi connectivity index (χ2n) is 9.42. The van der Waals surface area contributed by atoms with E-state index in [1.54, 1.807) is 0 Å². The standard InChI is InChI=1S/C25H34FN3O/c1-18-4-5-19(2)23(12-18)24-21(14-27-28-24)15-29-11-3-10-25(16-29,17-30)13-20-6-8-22(26)9-7-20/h4-9,12,21,24,27-28,30H,3,10-11,13-17H2,1-2H3. The Kier molecular flexibility index (Phi) is 6.54. The molecule has 0 spiro atoms. The van der Waals surface area contributed by atoms with Gasteiger partial charge in [-0.1, -0.05) is 35.9 Å². The Morgan fingerprint density at radius 2 is 1.97 bits per heavy atom. The van der Waals surface area contributed by atoms with Crippen molar-refractivity contribution in [2.45, 2.75) is 39.2 Å². The Labute approximate surface area is 179 Å². The number of benzene rings is 2. The molecule has 4 nitrogen and oxygen atoms in total. The van der Waals surface area contributed by atoms with Crippen LogP contribution >= 0.6 is 0 Å². The quantitative estimate of drug-likeness (QED) is 0.681. The molecule has 2 saturated heterocycles. The van der Waals surface area contributed by atoms with Crippen LogP contribution in [-0.4, -0.2) is 42.8 Å². The number of rotatable bonds is 6. The molecule has 3 unspecified atom stereocenters. The van der Waals surface area contributed by atoms with Crippen molar-refractivity contribution in [1.29, 1.82) is 0 Å². The van der Waals surface area contributed by atoms with Gasteiger partial charge in [0.25, 0.3) is 0 Å². The molecule has 2 heterocycles. The van der Waals surface area contributed by atoms with E-state index in [0.717, 1.165) is 51.0 Å². The fraction of sp³-hybridized carbons (Fsp3) is 0.520. The van der Waals surface area contributed by atoms with Crippen molar-refractivity contribution in [3.8, 4) is 0 Å². The zero-order valence-corrected chi connectivity index (χ0v) is 18.1. The fourth-order valence-electron chi connectivity index (χ4n) is 5.29. The number of nitrogens with one attached hydrogen (secondary N) is 2. The lowest BCUT2D eigenvalue weighted by molar-refractivity contribution is 0.0255. The summed E-state index contributed by atoms with van der Waals surface area (Å²) in [5.74, 6) is 0.270. The lowest BCUT2D eigenvalue weighted by atomic mass is 9.75. The van der Waals surface area contributed by atoms with Crippen LogP contribution in [0.15, 0.2) is 42.5 Å². The van der Waals surface area contributed by atoms with E-state index in [0.29, 0.717) is 12.0 Å². The van der Waals surface area contributed by atoms with Gasteiger partial charge in [0.15, 0.2) is 0 Å². The first kappa shape index (κ1) is 21.4. The molecule has 30 heavy (non-hydrogen) atoms. The van der Waals surface area contributed by atoms with Crippen LogP contribution in [0.2, 0.25) is 0 Å². The predicted octanol–water partition coefficient (Wildman–Crippen LogP) is 3.52. The van der Waals surface area contributed by atoms with Gasteiger partial charge in [0, 0.05) is 31.0 Å². The molecule has 2 aliphatic heterocycles. The minimum absolute atomic E-state index is 0.149. The monoisotopic (exact) mass is 411 g/mol. The maximum Gasteiger partial charge on any atom is 0.123 e. The predicted molar refractivity (Wildman–Crippen MR) is 119 cm³/mol. The second kappa shape index (κ2) is 9.15. The van der Waals surface area contributed by atoms with E-state index >= 15 is 0 Å². The largest absolute Gasteiger partial charge is 0.396 e. The van der Waals surface area contributed by atoms with Crippen LogP contribution in [0.5, 0.6) is 0 Å². The number of halogens is 1. The van der Waals surface area contributed by atoms with Gasteiger partial charge in [-0.15, -0.1) is 0 Å². The summed E-state index contributed by atoms with van der Waals surface area (Å²) in [5, 5.41) is 10.3. The van der Waals surface area contributed by atoms with E-state index in [4.69, 9.17) is 0 Å². The first-order valence-corrected chi connectivity index (χ1v) is 11.1. The number of hydrogen-bond acceptors (Lipinski definition) is 4. The highest BCUT2D eigenvalue weighted by Crippen LogP contribution is 2.35. The lowest BCUT2D eigenvalue weighted by Crippen LogP contribution is -2.48. The van der Waals surface area contributed by atoms with Gasteiger partial charge in [0.1, 0.15) is 5.82 Å². The number of hydrogen-bond donors (Lipinski definition) is 3. The van der Waals surface area contributed by atoms with Crippen molar-refractivity contribution in [2.24, 2.45) is 11.3 Å². The van der Waals surface area contributed by atoms with Crippen LogP contribution in [0.25, 0.3) is 0 Å². The Hall–Kier alpha value is -1.79. The highest BCUT2D eigenvalue weighted by Gasteiger charge is 2.38. The van der Waals surface area contributed by atoms with Crippen LogP contribution < -0.4 is 10.9 Å². The Bertz CT molecular complexity index is 856. The van der Waals surface area contributed by atoms with Crippen molar-refractivity contribution < 1.29 is 9.50 Å². The molecule has 2 aromatic rings. The van der Waals surface area contributed by atoms with Crippen LogP contribution in [-0.2, 0) is 6.42 Å². The maximum absolute atomic E-state index is 13.3. The van der Waals surface area contributed by atoms with E-state index in [-0.39, 0.29) is 17.8 Å². The van der Waals surface area contributed by atoms with Crippen molar-refractivity contribution in [1.82, 2.24) is 15.8 Å². The first-order valence-electron chi connectivity index (χ1n) is 11.1. The number of likely N-dealkylation sites (tertiary alicyclic amines) is 1. The smallest absolute Gasteiger partial charge is 0.123 e. The van der Waals surface area contributed by atoms with Gasteiger partial charge in [-0.05, 0) is 68.5 Å². The number of aliphatic hydroxyl groups excluding tert-OH is 1. The zero-order chi connectivity index (χ0) is 21.1. The number of nitrogens with zero attached hydrogens (tertiary/aromatic N) is 1. The van der Waals surface area contributed by atoms with Crippen LogP contribution in [0.3, 0.4) is 0 Å². The average molecular weight is 412 g/mol. The maximum atomic E-state index is 13.3. The second-order valence-corrected chi connectivity index (χ2v) is 9.42. The van der Waals surface area contributed by atoms with Gasteiger partial charge in [-0.2, -0.15) is 0 Å². The van der Waals surface area contributed by atoms with Crippen molar-refractivity contribution in [3.63, 3.8) is 0 Å². The molecular formula is C25H34FN3O. The Balaban J connectivity index is 1.46. The molecule has 5 heteroatoms. The molecule has 2 fully saturated rings. The summed E-state index contributed by atoms with van der Waals surface area (Å²) in [6, 6.07) is 13.7. The molecule has 0 radical (unpaired) electrons. The third kappa shape index (κ3) is 4.75. The van der Waals surface area contributed by atoms with Gasteiger partial charge in [0.05, 0.1) is 12.6 Å². The Morgan fingerprint density at radius 1 is 1.17 bits per heavy atom. The van der Waals surface area contributed by atoms with E-state index in [9.17, 15) is 9.50 Å². The molecular weight excluding hydrogens is 377 g/mol. The third-order valence-electron chi connectivity index (χ3n) is 6.92. The average Bonchev–Trinajstić information content (AvgIpc) is 3.19. The molecule has 0 aromatic heterocycles. The molecule has 2 aromatic carbocycles. The summed E-state index contributed by atoms with van der Waals surface area (Å²) in [7, 11) is 0. The number of hydrazine groups is 1. The van der Waals surface area contributed by atoms with Gasteiger partial charge in [-0.3, -0.25) is 5.43 Å². The van der Waals surface area contributed by atoms with Crippen LogP contribution in [0.1, 0.15) is 41.1 Å². The summed E-state index contributed by atoms with van der Waals surface area (Å²) in [4.78, 5) is 2.53. The SMILES string of the molecule is Cc1ccc(C)c(C2NNCC2CN2CCCC(CO)(Cc3ccc(F)cc3)C2)c1. The van der Waals surface area contributed by atoms with Crippen LogP contribution in [0, 0.1) is 31.0 Å². The molecule has 4 rings (SSSR count). The van der Waals surface area contributed by atoms with E-state index < -0.39 is 0 Å². The molecule has 2 aliphatic rings. The number of aliphatic hydroxyl groups is 1. The minimum atomic E-state index is -0.208. The van der Waals surface area contributed by atoms with Crippen molar-refractivity contribution >= 4 is 0 Å². The summed E-state index contributed by atoms with van der Waals surface area (Å²) in [5.41, 5.74) is 11.8. The van der Waals surface area contributed by atoms with Gasteiger partial charge < -0.3 is 10.0 Å².